The number of benzene rings is 2. The predicted molar refractivity (Wildman–Crippen MR) is 122 cm³/mol. The van der Waals surface area contributed by atoms with Crippen LogP contribution in [0, 0.1) is 11.3 Å². The van der Waals surface area contributed by atoms with Crippen LogP contribution in [-0.2, 0) is 24.7 Å². The third-order valence-corrected chi connectivity index (χ3v) is 5.22. The first-order chi connectivity index (χ1) is 16.6. The molecular weight excluding hydrogens is 487 g/mol. The van der Waals surface area contributed by atoms with Crippen molar-refractivity contribution >= 4 is 11.3 Å². The van der Waals surface area contributed by atoms with E-state index in [1.807, 2.05) is 6.07 Å². The second-order valence-corrected chi connectivity index (χ2v) is 8.15. The quantitative estimate of drug-likeness (QED) is 0.425. The molecule has 0 aliphatic heterocycles. The molecule has 0 spiro atoms. The van der Waals surface area contributed by atoms with E-state index in [0.29, 0.717) is 28.9 Å². The number of rotatable bonds is 9. The van der Waals surface area contributed by atoms with Crippen molar-refractivity contribution in [3.05, 3.63) is 76.2 Å². The van der Waals surface area contributed by atoms with Gasteiger partial charge in [-0.15, -0.1) is 0 Å². The monoisotopic (exact) mass is 507 g/mol. The normalized spacial score (nSPS) is 12.1. The molecule has 184 valence electrons. The molecule has 3 rings (SSSR count). The molecule has 2 aromatic carbocycles. The number of aromatic nitrogens is 1. The highest BCUT2D eigenvalue weighted by molar-refractivity contribution is 7.77. The fraction of sp³-hybridized carbons (Fsp3) is 0.217. The SMILES string of the molecule is Cn1cc(-c2cc(CCNS(=O)O)ccc2Oc2ccc(C#N)cc2)c(OCC(F)(F)F)cc1=O. The summed E-state index contributed by atoms with van der Waals surface area (Å²) in [6.45, 7) is -1.44. The van der Waals surface area contributed by atoms with Gasteiger partial charge in [-0.25, -0.2) is 8.93 Å². The Morgan fingerprint density at radius 1 is 1.11 bits per heavy atom. The van der Waals surface area contributed by atoms with Crippen molar-refractivity contribution in [2.75, 3.05) is 13.2 Å². The van der Waals surface area contributed by atoms with Gasteiger partial charge in [-0.2, -0.15) is 18.4 Å². The highest BCUT2D eigenvalue weighted by atomic mass is 32.2. The number of ether oxygens (including phenoxy) is 2. The van der Waals surface area contributed by atoms with Gasteiger partial charge in [-0.1, -0.05) is 6.07 Å². The van der Waals surface area contributed by atoms with Crippen molar-refractivity contribution in [1.82, 2.24) is 9.29 Å². The number of pyridine rings is 1. The van der Waals surface area contributed by atoms with Gasteiger partial charge in [0, 0.05) is 37.0 Å². The number of alkyl halides is 3. The molecule has 0 fully saturated rings. The van der Waals surface area contributed by atoms with Crippen LogP contribution in [0.15, 0.2) is 59.5 Å². The van der Waals surface area contributed by atoms with Gasteiger partial charge < -0.3 is 14.0 Å². The zero-order valence-electron chi connectivity index (χ0n) is 18.3. The maximum absolute atomic E-state index is 12.8. The van der Waals surface area contributed by atoms with Crippen LogP contribution in [0.4, 0.5) is 13.2 Å². The van der Waals surface area contributed by atoms with Gasteiger partial charge >= 0.3 is 6.18 Å². The first-order valence-electron chi connectivity index (χ1n) is 10.1. The Morgan fingerprint density at radius 2 is 1.83 bits per heavy atom. The number of nitrogens with one attached hydrogen (secondary N) is 1. The molecule has 2 N–H and O–H groups in total. The van der Waals surface area contributed by atoms with Crippen molar-refractivity contribution in [1.29, 1.82) is 5.26 Å². The minimum atomic E-state index is -4.62. The first-order valence-corrected chi connectivity index (χ1v) is 11.2. The Labute approximate surface area is 201 Å². The second kappa shape index (κ2) is 11.2. The summed E-state index contributed by atoms with van der Waals surface area (Å²) >= 11 is -2.20. The van der Waals surface area contributed by atoms with Crippen LogP contribution in [0.5, 0.6) is 17.2 Å². The highest BCUT2D eigenvalue weighted by Crippen LogP contribution is 2.39. The van der Waals surface area contributed by atoms with E-state index in [-0.39, 0.29) is 23.6 Å². The summed E-state index contributed by atoms with van der Waals surface area (Å²) in [4.78, 5) is 12.1. The molecule has 1 heterocycles. The molecule has 8 nitrogen and oxygen atoms in total. The van der Waals surface area contributed by atoms with Crippen LogP contribution in [0.2, 0.25) is 0 Å². The molecular formula is C23H20F3N3O5S. The van der Waals surface area contributed by atoms with Crippen LogP contribution in [0.1, 0.15) is 11.1 Å². The molecule has 35 heavy (non-hydrogen) atoms. The van der Waals surface area contributed by atoms with Crippen molar-refractivity contribution in [3.63, 3.8) is 0 Å². The average Bonchev–Trinajstić information content (AvgIpc) is 2.80. The van der Waals surface area contributed by atoms with Crippen LogP contribution in [0.3, 0.4) is 0 Å². The Bertz CT molecular complexity index is 1320. The van der Waals surface area contributed by atoms with Gasteiger partial charge in [0.05, 0.1) is 11.6 Å². The van der Waals surface area contributed by atoms with E-state index in [0.717, 1.165) is 6.07 Å². The number of halogens is 3. The molecule has 12 heteroatoms. The van der Waals surface area contributed by atoms with Gasteiger partial charge in [0.2, 0.25) is 11.3 Å². The Kier molecular flexibility index (Phi) is 8.29. The average molecular weight is 507 g/mol. The van der Waals surface area contributed by atoms with Crippen LogP contribution < -0.4 is 19.8 Å². The third kappa shape index (κ3) is 7.41. The van der Waals surface area contributed by atoms with Gasteiger partial charge in [0.25, 0.3) is 5.56 Å². The smallest absolute Gasteiger partial charge is 0.422 e. The van der Waals surface area contributed by atoms with Crippen molar-refractivity contribution < 1.29 is 31.4 Å². The lowest BCUT2D eigenvalue weighted by Gasteiger charge is -2.18. The standard InChI is InChI=1S/C23H20F3N3O5S/c1-29-13-19(21(11-22(29)30)33-14-23(24,25)26)18-10-15(8-9-28-35(31)32)4-7-20(18)34-17-5-2-16(12-27)3-6-17/h2-7,10-11,13,28H,8-9,14H2,1H3,(H,31,32). The summed E-state index contributed by atoms with van der Waals surface area (Å²) in [6, 6.07) is 14.1. The summed E-state index contributed by atoms with van der Waals surface area (Å²) in [5.74, 6) is 0.354. The molecule has 0 amide bonds. The fourth-order valence-electron chi connectivity index (χ4n) is 3.13. The molecule has 0 saturated carbocycles. The van der Waals surface area contributed by atoms with Crippen LogP contribution >= 0.6 is 0 Å². The highest BCUT2D eigenvalue weighted by Gasteiger charge is 2.29. The number of hydrogen-bond acceptors (Lipinski definition) is 5. The molecule has 3 aromatic rings. The maximum atomic E-state index is 12.8. The molecule has 0 bridgehead atoms. The van der Waals surface area contributed by atoms with Gasteiger partial charge in [-0.3, -0.25) is 9.35 Å². The van der Waals surface area contributed by atoms with Crippen LogP contribution in [-0.4, -0.2) is 32.7 Å². The van der Waals surface area contributed by atoms with E-state index >= 15 is 0 Å². The Hall–Kier alpha value is -3.66. The number of nitrogens with zero attached hydrogens (tertiary/aromatic N) is 2. The summed E-state index contributed by atoms with van der Waals surface area (Å²) in [5, 5.41) is 8.98. The Morgan fingerprint density at radius 3 is 2.46 bits per heavy atom. The zero-order valence-corrected chi connectivity index (χ0v) is 19.2. The third-order valence-electron chi connectivity index (χ3n) is 4.77. The molecule has 1 aromatic heterocycles. The minimum Gasteiger partial charge on any atom is -0.483 e. The molecule has 1 unspecified atom stereocenters. The summed E-state index contributed by atoms with van der Waals surface area (Å²) < 4.78 is 72.8. The van der Waals surface area contributed by atoms with Crippen molar-refractivity contribution in [2.45, 2.75) is 12.6 Å². The fourth-order valence-corrected chi connectivity index (χ4v) is 3.41. The maximum Gasteiger partial charge on any atom is 0.422 e. The van der Waals surface area contributed by atoms with Crippen molar-refractivity contribution in [2.24, 2.45) is 7.05 Å². The van der Waals surface area contributed by atoms with Crippen LogP contribution in [0.25, 0.3) is 11.1 Å². The zero-order chi connectivity index (χ0) is 25.6. The summed E-state index contributed by atoms with van der Waals surface area (Å²) in [7, 11) is 1.45. The van der Waals surface area contributed by atoms with Crippen molar-refractivity contribution in [3.8, 4) is 34.4 Å². The molecule has 1 atom stereocenters. The largest absolute Gasteiger partial charge is 0.483 e. The summed E-state index contributed by atoms with van der Waals surface area (Å²) in [6.07, 6.45) is -2.95. The van der Waals surface area contributed by atoms with E-state index in [4.69, 9.17) is 19.3 Å². The van der Waals surface area contributed by atoms with E-state index in [9.17, 15) is 22.2 Å². The molecule has 0 saturated heterocycles. The lowest BCUT2D eigenvalue weighted by Crippen LogP contribution is -2.22. The molecule has 0 aliphatic carbocycles. The lowest BCUT2D eigenvalue weighted by atomic mass is 10.0. The minimum absolute atomic E-state index is 0.156. The summed E-state index contributed by atoms with van der Waals surface area (Å²) in [5.41, 5.74) is 1.06. The number of nitriles is 1. The van der Waals surface area contributed by atoms with E-state index in [2.05, 4.69) is 4.72 Å². The number of hydrogen-bond donors (Lipinski definition) is 2. The van der Waals surface area contributed by atoms with Gasteiger partial charge in [-0.05, 0) is 48.4 Å². The van der Waals surface area contributed by atoms with Gasteiger partial charge in [0.15, 0.2) is 6.61 Å². The topological polar surface area (TPSA) is 114 Å². The molecule has 0 radical (unpaired) electrons. The van der Waals surface area contributed by atoms with E-state index in [1.165, 1.54) is 17.8 Å². The molecule has 0 aliphatic rings. The Balaban J connectivity index is 2.08. The second-order valence-electron chi connectivity index (χ2n) is 7.37. The predicted octanol–water partition coefficient (Wildman–Crippen LogP) is 3.93. The van der Waals surface area contributed by atoms with Gasteiger partial charge in [0.1, 0.15) is 17.2 Å². The van der Waals surface area contributed by atoms with E-state index in [1.54, 1.807) is 42.5 Å². The lowest BCUT2D eigenvalue weighted by molar-refractivity contribution is -0.153. The first kappa shape index (κ1) is 26.0. The number of aryl methyl sites for hydroxylation is 1. The van der Waals surface area contributed by atoms with E-state index < -0.39 is 29.6 Å².